The SMILES string of the molecule is O=C(NC1CCSCC1)C(F)F. The molecule has 0 aromatic heterocycles. The maximum Gasteiger partial charge on any atom is 0.315 e. The van der Waals surface area contributed by atoms with Crippen LogP contribution >= 0.6 is 11.8 Å². The molecule has 0 aliphatic carbocycles. The van der Waals surface area contributed by atoms with Gasteiger partial charge in [-0.3, -0.25) is 4.79 Å². The predicted molar refractivity (Wildman–Crippen MR) is 44.5 cm³/mol. The van der Waals surface area contributed by atoms with Crippen molar-refractivity contribution in [1.29, 1.82) is 0 Å². The van der Waals surface area contributed by atoms with Gasteiger partial charge >= 0.3 is 6.43 Å². The Bertz CT molecular complexity index is 159. The summed E-state index contributed by atoms with van der Waals surface area (Å²) < 4.78 is 23.5. The van der Waals surface area contributed by atoms with Gasteiger partial charge in [0.15, 0.2) is 0 Å². The molecule has 1 aliphatic rings. The largest absolute Gasteiger partial charge is 0.348 e. The minimum absolute atomic E-state index is 0.0345. The normalized spacial score (nSPS) is 19.6. The van der Waals surface area contributed by atoms with Crippen LogP contribution in [0.1, 0.15) is 12.8 Å². The first-order valence-corrected chi connectivity index (χ1v) is 5.02. The van der Waals surface area contributed by atoms with E-state index in [1.165, 1.54) is 0 Å². The average molecular weight is 195 g/mol. The van der Waals surface area contributed by atoms with Crippen molar-refractivity contribution in [1.82, 2.24) is 5.32 Å². The van der Waals surface area contributed by atoms with E-state index in [4.69, 9.17) is 0 Å². The zero-order valence-electron chi connectivity index (χ0n) is 6.56. The lowest BCUT2D eigenvalue weighted by Gasteiger charge is -2.22. The van der Waals surface area contributed by atoms with Gasteiger partial charge in [0.1, 0.15) is 0 Å². The van der Waals surface area contributed by atoms with Gasteiger partial charge < -0.3 is 5.32 Å². The monoisotopic (exact) mass is 195 g/mol. The second-order valence-electron chi connectivity index (χ2n) is 2.70. The standard InChI is InChI=1S/C7H11F2NOS/c8-6(9)7(11)10-5-1-3-12-4-2-5/h5-6H,1-4H2,(H,10,11). The minimum atomic E-state index is -2.88. The number of thioether (sulfide) groups is 1. The molecule has 12 heavy (non-hydrogen) atoms. The fourth-order valence-corrected chi connectivity index (χ4v) is 2.21. The third kappa shape index (κ3) is 2.97. The molecule has 1 amide bonds. The third-order valence-corrected chi connectivity index (χ3v) is 2.81. The number of amides is 1. The first-order chi connectivity index (χ1) is 5.70. The van der Waals surface area contributed by atoms with Gasteiger partial charge in [-0.25, -0.2) is 0 Å². The van der Waals surface area contributed by atoms with Crippen LogP contribution in [0.25, 0.3) is 0 Å². The Morgan fingerprint density at radius 3 is 2.50 bits per heavy atom. The maximum atomic E-state index is 11.8. The number of halogens is 2. The molecule has 2 nitrogen and oxygen atoms in total. The van der Waals surface area contributed by atoms with Crippen molar-refractivity contribution < 1.29 is 13.6 Å². The van der Waals surface area contributed by atoms with Crippen molar-refractivity contribution in [2.45, 2.75) is 25.3 Å². The highest BCUT2D eigenvalue weighted by Crippen LogP contribution is 2.16. The summed E-state index contributed by atoms with van der Waals surface area (Å²) in [5.74, 6) is 0.773. The molecular formula is C7H11F2NOS. The van der Waals surface area contributed by atoms with E-state index in [1.54, 1.807) is 11.8 Å². The van der Waals surface area contributed by atoms with Gasteiger partial charge in [-0.15, -0.1) is 0 Å². The van der Waals surface area contributed by atoms with E-state index in [0.29, 0.717) is 0 Å². The van der Waals surface area contributed by atoms with Gasteiger partial charge in [-0.1, -0.05) is 0 Å². The fraction of sp³-hybridized carbons (Fsp3) is 0.857. The predicted octanol–water partition coefficient (Wildman–Crippen LogP) is 1.26. The first kappa shape index (κ1) is 9.77. The lowest BCUT2D eigenvalue weighted by molar-refractivity contribution is -0.132. The Labute approximate surface area is 74.1 Å². The quantitative estimate of drug-likeness (QED) is 0.718. The highest BCUT2D eigenvalue weighted by Gasteiger charge is 2.21. The van der Waals surface area contributed by atoms with Crippen molar-refractivity contribution in [3.8, 4) is 0 Å². The van der Waals surface area contributed by atoms with Gasteiger partial charge in [0, 0.05) is 6.04 Å². The van der Waals surface area contributed by atoms with Gasteiger partial charge in [0.25, 0.3) is 5.91 Å². The van der Waals surface area contributed by atoms with E-state index in [2.05, 4.69) is 5.32 Å². The number of hydrogen-bond donors (Lipinski definition) is 1. The van der Waals surface area contributed by atoms with Crippen molar-refractivity contribution in [2.24, 2.45) is 0 Å². The van der Waals surface area contributed by atoms with Crippen LogP contribution in [0.3, 0.4) is 0 Å². The molecule has 5 heteroatoms. The van der Waals surface area contributed by atoms with Crippen molar-refractivity contribution in [3.05, 3.63) is 0 Å². The van der Waals surface area contributed by atoms with E-state index < -0.39 is 12.3 Å². The Hall–Kier alpha value is -0.320. The summed E-state index contributed by atoms with van der Waals surface area (Å²) in [7, 11) is 0. The first-order valence-electron chi connectivity index (χ1n) is 3.86. The molecule has 1 saturated heterocycles. The summed E-state index contributed by atoms with van der Waals surface area (Å²) in [5.41, 5.74) is 0. The number of hydrogen-bond acceptors (Lipinski definition) is 2. The lowest BCUT2D eigenvalue weighted by Crippen LogP contribution is -2.40. The number of carbonyl (C=O) groups is 1. The van der Waals surface area contributed by atoms with Crippen LogP contribution in [-0.4, -0.2) is 29.9 Å². The molecule has 0 aromatic rings. The number of rotatable bonds is 2. The maximum absolute atomic E-state index is 11.8. The van der Waals surface area contributed by atoms with Crippen LogP contribution in [0.4, 0.5) is 8.78 Å². The molecule has 0 spiro atoms. The zero-order valence-corrected chi connectivity index (χ0v) is 7.37. The lowest BCUT2D eigenvalue weighted by atomic mass is 10.1. The summed E-state index contributed by atoms with van der Waals surface area (Å²) in [5, 5.41) is 2.32. The molecule has 1 rings (SSSR count). The molecule has 0 bridgehead atoms. The fourth-order valence-electron chi connectivity index (χ4n) is 1.11. The average Bonchev–Trinajstić information content (AvgIpc) is 2.06. The number of carbonyl (C=O) groups excluding carboxylic acids is 1. The Balaban J connectivity index is 2.24. The van der Waals surface area contributed by atoms with Crippen molar-refractivity contribution in [3.63, 3.8) is 0 Å². The summed E-state index contributed by atoms with van der Waals surface area (Å²) in [6, 6.07) is -0.0345. The molecule has 0 saturated carbocycles. The molecule has 0 aromatic carbocycles. The van der Waals surface area contributed by atoms with Gasteiger partial charge in [-0.05, 0) is 24.3 Å². The third-order valence-electron chi connectivity index (χ3n) is 1.77. The Morgan fingerprint density at radius 2 is 2.00 bits per heavy atom. The molecule has 0 radical (unpaired) electrons. The molecular weight excluding hydrogens is 184 g/mol. The van der Waals surface area contributed by atoms with E-state index in [0.717, 1.165) is 24.3 Å². The Morgan fingerprint density at radius 1 is 1.42 bits per heavy atom. The molecule has 0 unspecified atom stereocenters. The molecule has 1 fully saturated rings. The van der Waals surface area contributed by atoms with Crippen LogP contribution in [-0.2, 0) is 4.79 Å². The molecule has 1 N–H and O–H groups in total. The van der Waals surface area contributed by atoms with Gasteiger partial charge in [-0.2, -0.15) is 20.5 Å². The second-order valence-corrected chi connectivity index (χ2v) is 3.92. The molecule has 1 aliphatic heterocycles. The van der Waals surface area contributed by atoms with Crippen molar-refractivity contribution in [2.75, 3.05) is 11.5 Å². The Kier molecular flexibility index (Phi) is 3.78. The van der Waals surface area contributed by atoms with E-state index in [-0.39, 0.29) is 6.04 Å². The highest BCUT2D eigenvalue weighted by atomic mass is 32.2. The van der Waals surface area contributed by atoms with Crippen LogP contribution in [0.15, 0.2) is 0 Å². The van der Waals surface area contributed by atoms with E-state index in [9.17, 15) is 13.6 Å². The van der Waals surface area contributed by atoms with E-state index >= 15 is 0 Å². The van der Waals surface area contributed by atoms with Crippen LogP contribution < -0.4 is 5.32 Å². The van der Waals surface area contributed by atoms with Crippen LogP contribution in [0, 0.1) is 0 Å². The summed E-state index contributed by atoms with van der Waals surface area (Å²) in [6.07, 6.45) is -1.26. The summed E-state index contributed by atoms with van der Waals surface area (Å²) >= 11 is 1.80. The zero-order chi connectivity index (χ0) is 8.97. The second kappa shape index (κ2) is 4.64. The van der Waals surface area contributed by atoms with Crippen LogP contribution in [0.5, 0.6) is 0 Å². The number of nitrogens with one attached hydrogen (secondary N) is 1. The molecule has 1 heterocycles. The van der Waals surface area contributed by atoms with Crippen molar-refractivity contribution >= 4 is 17.7 Å². The summed E-state index contributed by atoms with van der Waals surface area (Å²) in [4.78, 5) is 10.5. The molecule has 70 valence electrons. The topological polar surface area (TPSA) is 29.1 Å². The van der Waals surface area contributed by atoms with Crippen LogP contribution in [0.2, 0.25) is 0 Å². The minimum Gasteiger partial charge on any atom is -0.348 e. The van der Waals surface area contributed by atoms with E-state index in [1.807, 2.05) is 0 Å². The van der Waals surface area contributed by atoms with Gasteiger partial charge in [0.2, 0.25) is 0 Å². The molecule has 0 atom stereocenters. The number of alkyl halides is 2. The smallest absolute Gasteiger partial charge is 0.315 e. The summed E-state index contributed by atoms with van der Waals surface area (Å²) in [6.45, 7) is 0. The van der Waals surface area contributed by atoms with Gasteiger partial charge in [0.05, 0.1) is 0 Å². The highest BCUT2D eigenvalue weighted by molar-refractivity contribution is 7.99.